The fourth-order valence-electron chi connectivity index (χ4n) is 4.73. The highest BCUT2D eigenvalue weighted by Crippen LogP contribution is 2.59. The number of hydrogen-bond donors (Lipinski definition) is 2. The number of nitrogens with one attached hydrogen (secondary N) is 1. The molecule has 0 radical (unpaired) electrons. The van der Waals surface area contributed by atoms with Crippen LogP contribution in [0.25, 0.3) is 0 Å². The maximum atomic E-state index is 11.3. The molecule has 0 amide bonds. The van der Waals surface area contributed by atoms with Crippen LogP contribution in [0.2, 0.25) is 0 Å². The summed E-state index contributed by atoms with van der Waals surface area (Å²) >= 11 is 0. The Morgan fingerprint density at radius 1 is 1.22 bits per heavy atom. The summed E-state index contributed by atoms with van der Waals surface area (Å²) < 4.78 is 25.2. The lowest BCUT2D eigenvalue weighted by atomic mass is 9.48. The summed E-state index contributed by atoms with van der Waals surface area (Å²) in [5.74, 6) is 2.08. The van der Waals surface area contributed by atoms with E-state index in [1.807, 2.05) is 0 Å². The molecule has 0 aliphatic heterocycles. The van der Waals surface area contributed by atoms with Gasteiger partial charge in [-0.25, -0.2) is 13.1 Å². The highest BCUT2D eigenvalue weighted by Gasteiger charge is 2.54. The monoisotopic (exact) mass is 294 g/mol. The lowest BCUT2D eigenvalue weighted by Crippen LogP contribution is -2.59. The van der Waals surface area contributed by atoms with Crippen molar-refractivity contribution >= 4 is 22.4 Å². The van der Waals surface area contributed by atoms with E-state index in [2.05, 4.69) is 4.72 Å². The molecule has 2 atom stereocenters. The fraction of sp³-hybridized carbons (Fsp3) is 1.00. The molecule has 0 saturated heterocycles. The average molecular weight is 295 g/mol. The molecule has 106 valence electrons. The van der Waals surface area contributed by atoms with Gasteiger partial charge in [0.25, 0.3) is 0 Å². The van der Waals surface area contributed by atoms with Gasteiger partial charge in [-0.3, -0.25) is 0 Å². The van der Waals surface area contributed by atoms with Crippen LogP contribution in [-0.2, 0) is 10.0 Å². The molecule has 4 rings (SSSR count). The van der Waals surface area contributed by atoms with Crippen molar-refractivity contribution in [1.29, 1.82) is 0 Å². The Balaban J connectivity index is 0.00000120. The van der Waals surface area contributed by atoms with E-state index in [1.54, 1.807) is 0 Å². The van der Waals surface area contributed by atoms with Gasteiger partial charge >= 0.3 is 0 Å². The molecule has 0 spiro atoms. The normalized spacial score (nSPS) is 45.9. The number of nitrogens with two attached hydrogens (primary N) is 1. The van der Waals surface area contributed by atoms with Crippen molar-refractivity contribution in [3.63, 3.8) is 0 Å². The SMILES string of the molecule is CS(=O)(=O)NCC12CC3CC(C1)C(N)C(C3)C2.Cl. The second-order valence-corrected chi connectivity index (χ2v) is 8.47. The smallest absolute Gasteiger partial charge is 0.208 e. The van der Waals surface area contributed by atoms with Crippen molar-refractivity contribution in [3.05, 3.63) is 0 Å². The van der Waals surface area contributed by atoms with Gasteiger partial charge in [-0.1, -0.05) is 0 Å². The number of rotatable bonds is 3. The molecule has 3 N–H and O–H groups in total. The summed E-state index contributed by atoms with van der Waals surface area (Å²) in [6.07, 6.45) is 7.26. The van der Waals surface area contributed by atoms with Crippen LogP contribution in [-0.4, -0.2) is 27.3 Å². The molecule has 0 aromatic rings. The van der Waals surface area contributed by atoms with Crippen molar-refractivity contribution in [2.24, 2.45) is 28.9 Å². The Morgan fingerprint density at radius 2 is 1.78 bits per heavy atom. The van der Waals surface area contributed by atoms with Crippen LogP contribution in [0.5, 0.6) is 0 Å². The summed E-state index contributed by atoms with van der Waals surface area (Å²) in [5.41, 5.74) is 6.49. The maximum Gasteiger partial charge on any atom is 0.208 e. The van der Waals surface area contributed by atoms with Gasteiger partial charge in [-0.2, -0.15) is 0 Å². The van der Waals surface area contributed by atoms with Gasteiger partial charge in [0.1, 0.15) is 0 Å². The zero-order chi connectivity index (χ0) is 12.3. The van der Waals surface area contributed by atoms with E-state index in [0.29, 0.717) is 24.4 Å². The quantitative estimate of drug-likeness (QED) is 0.819. The molecule has 0 heterocycles. The van der Waals surface area contributed by atoms with Gasteiger partial charge in [0.2, 0.25) is 10.0 Å². The van der Waals surface area contributed by atoms with E-state index in [-0.39, 0.29) is 17.8 Å². The largest absolute Gasteiger partial charge is 0.327 e. The molecule has 18 heavy (non-hydrogen) atoms. The third kappa shape index (κ3) is 2.55. The van der Waals surface area contributed by atoms with Crippen LogP contribution in [0.1, 0.15) is 32.1 Å². The van der Waals surface area contributed by atoms with Crippen LogP contribution in [0.3, 0.4) is 0 Å². The second kappa shape index (κ2) is 4.62. The highest BCUT2D eigenvalue weighted by molar-refractivity contribution is 7.88. The summed E-state index contributed by atoms with van der Waals surface area (Å²) in [5, 5.41) is 0. The zero-order valence-electron chi connectivity index (χ0n) is 10.8. The molecule has 4 aliphatic rings. The van der Waals surface area contributed by atoms with Crippen molar-refractivity contribution in [2.75, 3.05) is 12.8 Å². The first-order valence-corrected chi connectivity index (χ1v) is 8.46. The number of hydrogen-bond acceptors (Lipinski definition) is 3. The van der Waals surface area contributed by atoms with Crippen molar-refractivity contribution in [3.8, 4) is 0 Å². The Morgan fingerprint density at radius 3 is 2.28 bits per heavy atom. The minimum Gasteiger partial charge on any atom is -0.327 e. The van der Waals surface area contributed by atoms with Crippen LogP contribution in [0.15, 0.2) is 0 Å². The topological polar surface area (TPSA) is 72.2 Å². The molecule has 4 saturated carbocycles. The second-order valence-electron chi connectivity index (χ2n) is 6.64. The Kier molecular flexibility index (Phi) is 3.74. The van der Waals surface area contributed by atoms with Gasteiger partial charge in [-0.05, 0) is 55.3 Å². The van der Waals surface area contributed by atoms with Gasteiger partial charge in [0, 0.05) is 12.6 Å². The maximum absolute atomic E-state index is 11.3. The van der Waals surface area contributed by atoms with Gasteiger partial charge < -0.3 is 5.73 Å². The molecule has 2 unspecified atom stereocenters. The molecule has 4 fully saturated rings. The van der Waals surface area contributed by atoms with E-state index in [4.69, 9.17) is 5.73 Å². The van der Waals surface area contributed by atoms with Gasteiger partial charge in [-0.15, -0.1) is 12.4 Å². The van der Waals surface area contributed by atoms with E-state index < -0.39 is 10.0 Å². The third-order valence-electron chi connectivity index (χ3n) is 5.18. The Hall–Kier alpha value is 0.160. The van der Waals surface area contributed by atoms with Crippen molar-refractivity contribution in [1.82, 2.24) is 4.72 Å². The molecule has 0 aromatic carbocycles. The van der Waals surface area contributed by atoms with E-state index in [0.717, 1.165) is 18.8 Å². The predicted octanol–water partition coefficient (Wildman–Crippen LogP) is 1.11. The summed E-state index contributed by atoms with van der Waals surface area (Å²) in [4.78, 5) is 0. The first kappa shape index (κ1) is 14.6. The molecular formula is C12H23ClN2O2S. The van der Waals surface area contributed by atoms with Crippen LogP contribution in [0, 0.1) is 23.2 Å². The minimum absolute atomic E-state index is 0. The average Bonchev–Trinajstić information content (AvgIpc) is 2.21. The van der Waals surface area contributed by atoms with E-state index >= 15 is 0 Å². The van der Waals surface area contributed by atoms with Crippen molar-refractivity contribution in [2.45, 2.75) is 38.1 Å². The zero-order valence-corrected chi connectivity index (χ0v) is 12.4. The summed E-state index contributed by atoms with van der Waals surface area (Å²) in [6.45, 7) is 0.627. The molecule has 0 aromatic heterocycles. The minimum atomic E-state index is -3.06. The fourth-order valence-corrected chi connectivity index (χ4v) is 5.30. The summed E-state index contributed by atoms with van der Waals surface area (Å²) in [6, 6.07) is 0.373. The lowest BCUT2D eigenvalue weighted by molar-refractivity contribution is -0.0629. The number of halogens is 1. The van der Waals surface area contributed by atoms with Gasteiger partial charge in [0.05, 0.1) is 6.26 Å². The Labute approximate surface area is 116 Å². The predicted molar refractivity (Wildman–Crippen MR) is 74.1 cm³/mol. The first-order chi connectivity index (χ1) is 7.87. The summed E-state index contributed by atoms with van der Waals surface area (Å²) in [7, 11) is -3.06. The van der Waals surface area contributed by atoms with Crippen LogP contribution >= 0.6 is 12.4 Å². The molecule has 4 nitrogen and oxygen atoms in total. The number of sulfonamides is 1. The molecule has 4 aliphatic carbocycles. The third-order valence-corrected chi connectivity index (χ3v) is 5.85. The van der Waals surface area contributed by atoms with Crippen molar-refractivity contribution < 1.29 is 8.42 Å². The first-order valence-electron chi connectivity index (χ1n) is 6.57. The molecular weight excluding hydrogens is 272 g/mol. The Bertz CT molecular complexity index is 410. The molecule has 6 heteroatoms. The van der Waals surface area contributed by atoms with Crippen LogP contribution in [0.4, 0.5) is 0 Å². The van der Waals surface area contributed by atoms with E-state index in [1.165, 1.54) is 25.5 Å². The lowest BCUT2D eigenvalue weighted by Gasteiger charge is -2.59. The van der Waals surface area contributed by atoms with Gasteiger partial charge in [0.15, 0.2) is 0 Å². The van der Waals surface area contributed by atoms with Crippen LogP contribution < -0.4 is 10.5 Å². The standard InChI is InChI=1S/C12H22N2O2S.ClH/c1-17(15,16)14-7-12-4-8-2-9(5-12)11(13)10(3-8)6-12;/h8-11,14H,2-7,13H2,1H3;1H. The molecule has 4 bridgehead atoms. The highest BCUT2D eigenvalue weighted by atomic mass is 35.5. The van der Waals surface area contributed by atoms with E-state index in [9.17, 15) is 8.42 Å².